The molecule has 0 aliphatic heterocycles. The summed E-state index contributed by atoms with van der Waals surface area (Å²) in [6.45, 7) is 2.64. The first-order valence-corrected chi connectivity index (χ1v) is 13.2. The summed E-state index contributed by atoms with van der Waals surface area (Å²) in [5, 5.41) is 9.42. The Morgan fingerprint density at radius 1 is 0.781 bits per heavy atom. The van der Waals surface area contributed by atoms with E-state index in [4.69, 9.17) is 9.47 Å². The molecule has 32 heavy (non-hydrogen) atoms. The summed E-state index contributed by atoms with van der Waals surface area (Å²) in [6, 6.07) is 9.79. The minimum Gasteiger partial charge on any atom is -0.463 e. The fourth-order valence-electron chi connectivity index (χ4n) is 3.84. The third kappa shape index (κ3) is 17.2. The van der Waals surface area contributed by atoms with E-state index in [2.05, 4.69) is 6.92 Å². The molecule has 0 radical (unpaired) electrons. The van der Waals surface area contributed by atoms with Gasteiger partial charge in [-0.25, -0.2) is 0 Å². The van der Waals surface area contributed by atoms with Gasteiger partial charge in [0.2, 0.25) is 0 Å². The molecule has 0 spiro atoms. The second-order valence-electron chi connectivity index (χ2n) is 8.98. The van der Waals surface area contributed by atoms with Gasteiger partial charge in [-0.15, -0.1) is 0 Å². The van der Waals surface area contributed by atoms with Crippen LogP contribution in [-0.2, 0) is 20.9 Å². The molecule has 184 valence electrons. The Labute approximate surface area is 197 Å². The van der Waals surface area contributed by atoms with Crippen LogP contribution in [0.2, 0.25) is 0 Å². The predicted molar refractivity (Wildman–Crippen MR) is 133 cm³/mol. The van der Waals surface area contributed by atoms with E-state index in [1.165, 1.54) is 83.5 Å². The van der Waals surface area contributed by atoms with Crippen molar-refractivity contribution in [3.05, 3.63) is 35.9 Å². The summed E-state index contributed by atoms with van der Waals surface area (Å²) in [7, 11) is 0. The predicted octanol–water partition coefficient (Wildman–Crippen LogP) is 7.37. The number of carbonyl (C=O) groups excluding carboxylic acids is 1. The van der Waals surface area contributed by atoms with Crippen molar-refractivity contribution in [3.8, 4) is 0 Å². The number of carbonyl (C=O) groups is 1. The van der Waals surface area contributed by atoms with Crippen LogP contribution in [0.1, 0.15) is 115 Å². The van der Waals surface area contributed by atoms with Gasteiger partial charge < -0.3 is 14.6 Å². The molecule has 4 heteroatoms. The molecule has 4 nitrogen and oxygen atoms in total. The largest absolute Gasteiger partial charge is 0.463 e. The van der Waals surface area contributed by atoms with Gasteiger partial charge in [0.25, 0.3) is 0 Å². The Bertz CT molecular complexity index is 531. The molecule has 0 unspecified atom stereocenters. The van der Waals surface area contributed by atoms with E-state index in [-0.39, 0.29) is 19.2 Å². The average molecular weight is 449 g/mol. The highest BCUT2D eigenvalue weighted by molar-refractivity contribution is 5.69. The molecule has 0 heterocycles. The number of rotatable bonds is 22. The fraction of sp³-hybridized carbons (Fsp3) is 0.750. The summed E-state index contributed by atoms with van der Waals surface area (Å²) in [5.74, 6) is -0.193. The van der Waals surface area contributed by atoms with E-state index in [1.807, 2.05) is 30.3 Å². The van der Waals surface area contributed by atoms with Gasteiger partial charge in [-0.1, -0.05) is 127 Å². The van der Waals surface area contributed by atoms with Crippen molar-refractivity contribution in [2.75, 3.05) is 13.2 Å². The van der Waals surface area contributed by atoms with Gasteiger partial charge in [-0.05, 0) is 12.0 Å². The van der Waals surface area contributed by atoms with E-state index in [0.29, 0.717) is 13.0 Å². The molecule has 1 aromatic rings. The van der Waals surface area contributed by atoms with Crippen LogP contribution in [0.3, 0.4) is 0 Å². The second kappa shape index (κ2) is 21.5. The maximum absolute atomic E-state index is 11.9. The third-order valence-electron chi connectivity index (χ3n) is 5.95. The molecule has 0 aromatic heterocycles. The molecule has 0 saturated carbocycles. The summed E-state index contributed by atoms with van der Waals surface area (Å²) < 4.78 is 10.9. The number of ether oxygens (including phenoxy) is 2. The summed E-state index contributed by atoms with van der Waals surface area (Å²) in [4.78, 5) is 11.9. The number of aliphatic hydroxyl groups is 1. The highest BCUT2D eigenvalue weighted by atomic mass is 16.6. The molecule has 0 aliphatic carbocycles. The molecule has 0 bridgehead atoms. The van der Waals surface area contributed by atoms with Crippen molar-refractivity contribution >= 4 is 5.97 Å². The lowest BCUT2D eigenvalue weighted by Gasteiger charge is -2.15. The van der Waals surface area contributed by atoms with E-state index in [1.54, 1.807) is 0 Å². The molecular weight excluding hydrogens is 400 g/mol. The maximum Gasteiger partial charge on any atom is 0.305 e. The van der Waals surface area contributed by atoms with Gasteiger partial charge >= 0.3 is 5.97 Å². The lowest BCUT2D eigenvalue weighted by Crippen LogP contribution is -2.25. The number of unbranched alkanes of at least 4 members (excludes halogenated alkanes) is 14. The van der Waals surface area contributed by atoms with Crippen molar-refractivity contribution in [3.63, 3.8) is 0 Å². The van der Waals surface area contributed by atoms with Gasteiger partial charge in [0.05, 0.1) is 13.2 Å². The van der Waals surface area contributed by atoms with Crippen LogP contribution >= 0.6 is 0 Å². The van der Waals surface area contributed by atoms with Crippen LogP contribution in [0.4, 0.5) is 0 Å². The Kier molecular flexibility index (Phi) is 19.2. The molecule has 0 saturated heterocycles. The fourth-order valence-corrected chi connectivity index (χ4v) is 3.84. The smallest absolute Gasteiger partial charge is 0.305 e. The van der Waals surface area contributed by atoms with Crippen molar-refractivity contribution in [1.82, 2.24) is 0 Å². The molecule has 1 N–H and O–H groups in total. The van der Waals surface area contributed by atoms with Crippen LogP contribution in [0.25, 0.3) is 0 Å². The van der Waals surface area contributed by atoms with Crippen LogP contribution in [0, 0.1) is 0 Å². The van der Waals surface area contributed by atoms with Crippen LogP contribution in [-0.4, -0.2) is 30.4 Å². The molecule has 0 fully saturated rings. The van der Waals surface area contributed by atoms with Gasteiger partial charge in [-0.2, -0.15) is 0 Å². The van der Waals surface area contributed by atoms with E-state index >= 15 is 0 Å². The standard InChI is InChI=1S/C28H48O4/c1-2-3-4-5-6-7-8-9-10-11-12-13-14-15-19-22-28(30)32-25-27(23-29)31-24-26-20-17-16-18-21-26/h16-18,20-21,27,29H,2-15,19,22-25H2,1H3/t27-/m1/s1. The summed E-state index contributed by atoms with van der Waals surface area (Å²) >= 11 is 0. The van der Waals surface area contributed by atoms with Crippen molar-refractivity contribution in [2.24, 2.45) is 0 Å². The Hall–Kier alpha value is -1.39. The molecular formula is C28H48O4. The maximum atomic E-state index is 11.9. The highest BCUT2D eigenvalue weighted by Gasteiger charge is 2.12. The first-order valence-electron chi connectivity index (χ1n) is 13.2. The van der Waals surface area contributed by atoms with Crippen LogP contribution in [0.15, 0.2) is 30.3 Å². The molecule has 0 aliphatic rings. The van der Waals surface area contributed by atoms with Gasteiger partial charge in [0.15, 0.2) is 0 Å². The SMILES string of the molecule is CCCCCCCCCCCCCCCCCC(=O)OC[C@@H](CO)OCc1ccccc1. The summed E-state index contributed by atoms with van der Waals surface area (Å²) in [5.41, 5.74) is 1.04. The Morgan fingerprint density at radius 2 is 1.28 bits per heavy atom. The van der Waals surface area contributed by atoms with Gasteiger partial charge in [-0.3, -0.25) is 4.79 Å². The normalized spacial score (nSPS) is 12.1. The first kappa shape index (κ1) is 28.6. The second-order valence-corrected chi connectivity index (χ2v) is 8.98. The third-order valence-corrected chi connectivity index (χ3v) is 5.95. The highest BCUT2D eigenvalue weighted by Crippen LogP contribution is 2.14. The van der Waals surface area contributed by atoms with Gasteiger partial charge in [0, 0.05) is 6.42 Å². The summed E-state index contributed by atoms with van der Waals surface area (Å²) in [6.07, 6.45) is 19.7. The van der Waals surface area contributed by atoms with E-state index in [0.717, 1.165) is 18.4 Å². The van der Waals surface area contributed by atoms with Crippen molar-refractivity contribution < 1.29 is 19.4 Å². The zero-order valence-corrected chi connectivity index (χ0v) is 20.6. The Balaban J connectivity index is 1.86. The van der Waals surface area contributed by atoms with Gasteiger partial charge in [0.1, 0.15) is 12.7 Å². The average Bonchev–Trinajstić information content (AvgIpc) is 2.82. The number of benzene rings is 1. The quantitative estimate of drug-likeness (QED) is 0.149. The molecule has 1 rings (SSSR count). The van der Waals surface area contributed by atoms with E-state index in [9.17, 15) is 9.90 Å². The molecule has 0 amide bonds. The van der Waals surface area contributed by atoms with Crippen LogP contribution in [0.5, 0.6) is 0 Å². The number of aliphatic hydroxyl groups excluding tert-OH is 1. The minimum atomic E-state index is -0.472. The Morgan fingerprint density at radius 3 is 1.78 bits per heavy atom. The zero-order chi connectivity index (χ0) is 23.1. The van der Waals surface area contributed by atoms with Crippen molar-refractivity contribution in [2.45, 2.75) is 122 Å². The zero-order valence-electron chi connectivity index (χ0n) is 20.6. The number of hydrogen-bond donors (Lipinski definition) is 1. The lowest BCUT2D eigenvalue weighted by molar-refractivity contribution is -0.149. The number of hydrogen-bond acceptors (Lipinski definition) is 4. The van der Waals surface area contributed by atoms with E-state index < -0.39 is 6.10 Å². The monoisotopic (exact) mass is 448 g/mol. The molecule has 1 aromatic carbocycles. The molecule has 1 atom stereocenters. The lowest BCUT2D eigenvalue weighted by atomic mass is 10.0. The van der Waals surface area contributed by atoms with Crippen LogP contribution < -0.4 is 0 Å². The first-order chi connectivity index (χ1) is 15.8. The van der Waals surface area contributed by atoms with Crippen molar-refractivity contribution in [1.29, 1.82) is 0 Å². The minimum absolute atomic E-state index is 0.112. The number of esters is 1. The topological polar surface area (TPSA) is 55.8 Å².